The Morgan fingerprint density at radius 2 is 2.14 bits per heavy atom. The van der Waals surface area contributed by atoms with Crippen molar-refractivity contribution in [3.63, 3.8) is 0 Å². The smallest absolute Gasteiger partial charge is 0.216 e. The number of halogens is 1. The van der Waals surface area contributed by atoms with Gasteiger partial charge in [0.25, 0.3) is 0 Å². The first-order chi connectivity index (χ1) is 9.97. The maximum Gasteiger partial charge on any atom is 0.216 e. The zero-order valence-electron chi connectivity index (χ0n) is 12.6. The lowest BCUT2D eigenvalue weighted by Gasteiger charge is -2.34. The minimum absolute atomic E-state index is 0.00261. The third-order valence-corrected chi connectivity index (χ3v) is 4.05. The fourth-order valence-corrected chi connectivity index (χ4v) is 2.71. The van der Waals surface area contributed by atoms with E-state index in [1.807, 2.05) is 4.90 Å². The molecule has 0 saturated carbocycles. The highest BCUT2D eigenvalue weighted by molar-refractivity contribution is 5.72. The zero-order valence-corrected chi connectivity index (χ0v) is 12.6. The van der Waals surface area contributed by atoms with E-state index in [4.69, 9.17) is 0 Å². The molecule has 1 aliphatic heterocycles. The summed E-state index contributed by atoms with van der Waals surface area (Å²) in [5.74, 6) is 0.177. The summed E-state index contributed by atoms with van der Waals surface area (Å²) in [4.78, 5) is 12.9. The molecule has 0 bridgehead atoms. The maximum atomic E-state index is 14.1. The molecule has 5 heteroatoms. The Kier molecular flexibility index (Phi) is 5.17. The van der Waals surface area contributed by atoms with Crippen LogP contribution in [0.3, 0.4) is 0 Å². The lowest BCUT2D eigenvalue weighted by Crippen LogP contribution is -2.38. The van der Waals surface area contributed by atoms with Gasteiger partial charge in [0.05, 0.1) is 11.8 Å². The van der Waals surface area contributed by atoms with Gasteiger partial charge in [0.2, 0.25) is 5.91 Å². The summed E-state index contributed by atoms with van der Waals surface area (Å²) in [5.41, 5.74) is 1.19. The largest absolute Gasteiger partial charge is 0.389 e. The molecule has 1 aromatic rings. The van der Waals surface area contributed by atoms with Crippen molar-refractivity contribution in [1.29, 1.82) is 0 Å². The first-order valence-corrected chi connectivity index (χ1v) is 7.44. The summed E-state index contributed by atoms with van der Waals surface area (Å²) in [6, 6.07) is 4.92. The van der Waals surface area contributed by atoms with Crippen LogP contribution in [0.25, 0.3) is 0 Å². The molecule has 116 valence electrons. The van der Waals surface area contributed by atoms with E-state index in [0.717, 1.165) is 25.9 Å². The molecule has 1 amide bonds. The van der Waals surface area contributed by atoms with E-state index < -0.39 is 6.10 Å². The number of hydrogen-bond donors (Lipinski definition) is 2. The Hall–Kier alpha value is -1.62. The van der Waals surface area contributed by atoms with E-state index in [1.54, 1.807) is 19.1 Å². The second kappa shape index (κ2) is 6.89. The van der Waals surface area contributed by atoms with Gasteiger partial charge in [-0.15, -0.1) is 0 Å². The van der Waals surface area contributed by atoms with Crippen LogP contribution in [0.15, 0.2) is 18.2 Å². The number of aliphatic hydroxyl groups is 1. The average Bonchev–Trinajstić information content (AvgIpc) is 2.45. The quantitative estimate of drug-likeness (QED) is 0.895. The highest BCUT2D eigenvalue weighted by Gasteiger charge is 2.21. The number of rotatable bonds is 4. The van der Waals surface area contributed by atoms with Crippen molar-refractivity contribution in [1.82, 2.24) is 5.32 Å². The Labute approximate surface area is 125 Å². The summed E-state index contributed by atoms with van der Waals surface area (Å²) in [5, 5.41) is 12.3. The van der Waals surface area contributed by atoms with Gasteiger partial charge in [-0.1, -0.05) is 6.07 Å². The van der Waals surface area contributed by atoms with E-state index in [9.17, 15) is 14.3 Å². The van der Waals surface area contributed by atoms with E-state index in [-0.39, 0.29) is 11.7 Å². The van der Waals surface area contributed by atoms with E-state index in [0.29, 0.717) is 23.7 Å². The van der Waals surface area contributed by atoms with Crippen LogP contribution >= 0.6 is 0 Å². The molecule has 0 spiro atoms. The lowest BCUT2D eigenvalue weighted by molar-refractivity contribution is -0.119. The normalized spacial score (nSPS) is 17.6. The van der Waals surface area contributed by atoms with Crippen molar-refractivity contribution < 1.29 is 14.3 Å². The van der Waals surface area contributed by atoms with Crippen molar-refractivity contribution in [3.05, 3.63) is 29.6 Å². The molecule has 0 unspecified atom stereocenters. The minimum Gasteiger partial charge on any atom is -0.389 e. The Morgan fingerprint density at radius 1 is 1.48 bits per heavy atom. The molecule has 1 fully saturated rings. The number of nitrogens with zero attached hydrogens (tertiary/aromatic N) is 1. The molecule has 0 radical (unpaired) electrons. The van der Waals surface area contributed by atoms with Crippen LogP contribution in [0.5, 0.6) is 0 Å². The Morgan fingerprint density at radius 3 is 2.67 bits per heavy atom. The van der Waals surface area contributed by atoms with Crippen LogP contribution in [0.4, 0.5) is 10.1 Å². The van der Waals surface area contributed by atoms with E-state index in [1.165, 1.54) is 13.0 Å². The first-order valence-electron chi connectivity index (χ1n) is 7.44. The van der Waals surface area contributed by atoms with Crippen LogP contribution < -0.4 is 10.2 Å². The van der Waals surface area contributed by atoms with Crippen molar-refractivity contribution in [2.75, 3.05) is 24.5 Å². The van der Waals surface area contributed by atoms with Crippen molar-refractivity contribution in [2.45, 2.75) is 32.8 Å². The number of carbonyl (C=O) groups excluding carboxylic acids is 1. The fourth-order valence-electron chi connectivity index (χ4n) is 2.71. The topological polar surface area (TPSA) is 52.6 Å². The van der Waals surface area contributed by atoms with Gasteiger partial charge in [0, 0.05) is 26.6 Å². The minimum atomic E-state index is -0.656. The van der Waals surface area contributed by atoms with Gasteiger partial charge < -0.3 is 15.3 Å². The molecular weight excluding hydrogens is 271 g/mol. The first kappa shape index (κ1) is 15.8. The van der Waals surface area contributed by atoms with Crippen molar-refractivity contribution in [3.8, 4) is 0 Å². The van der Waals surface area contributed by atoms with Gasteiger partial charge in [-0.25, -0.2) is 4.39 Å². The molecule has 2 rings (SSSR count). The van der Waals surface area contributed by atoms with Gasteiger partial charge >= 0.3 is 0 Å². The molecule has 1 atom stereocenters. The summed E-state index contributed by atoms with van der Waals surface area (Å²) in [6.45, 7) is 5.42. The van der Waals surface area contributed by atoms with Gasteiger partial charge in [-0.2, -0.15) is 0 Å². The molecule has 1 saturated heterocycles. The van der Waals surface area contributed by atoms with Crippen LogP contribution in [-0.4, -0.2) is 30.6 Å². The molecule has 1 aliphatic rings. The van der Waals surface area contributed by atoms with Gasteiger partial charge in [-0.3, -0.25) is 4.79 Å². The van der Waals surface area contributed by atoms with Gasteiger partial charge in [-0.05, 0) is 43.4 Å². The molecule has 4 nitrogen and oxygen atoms in total. The summed E-state index contributed by atoms with van der Waals surface area (Å²) in [6.07, 6.45) is 1.23. The van der Waals surface area contributed by atoms with E-state index >= 15 is 0 Å². The van der Waals surface area contributed by atoms with Gasteiger partial charge in [0.1, 0.15) is 5.82 Å². The number of carbonyl (C=O) groups is 1. The standard InChI is InChI=1S/C16H23FN2O2/c1-11(20)14-3-4-16(15(17)9-14)19-7-5-13(6-8-19)10-18-12(2)21/h3-4,9,11,13,20H,5-8,10H2,1-2H3,(H,18,21)/t11-/m1/s1. The predicted octanol–water partition coefficient (Wildman–Crippen LogP) is 2.23. The number of benzene rings is 1. The number of piperidine rings is 1. The lowest BCUT2D eigenvalue weighted by atomic mass is 9.96. The Balaban J connectivity index is 1.94. The van der Waals surface area contributed by atoms with Crippen LogP contribution in [0.2, 0.25) is 0 Å². The molecule has 21 heavy (non-hydrogen) atoms. The maximum absolute atomic E-state index is 14.1. The number of hydrogen-bond acceptors (Lipinski definition) is 3. The van der Waals surface area contributed by atoms with Crippen LogP contribution in [-0.2, 0) is 4.79 Å². The second-order valence-corrected chi connectivity index (χ2v) is 5.75. The van der Waals surface area contributed by atoms with Gasteiger partial charge in [0.15, 0.2) is 0 Å². The summed E-state index contributed by atoms with van der Waals surface area (Å²) < 4.78 is 14.1. The van der Waals surface area contributed by atoms with Crippen molar-refractivity contribution >= 4 is 11.6 Å². The summed E-state index contributed by atoms with van der Waals surface area (Å²) >= 11 is 0. The Bertz CT molecular complexity index is 497. The third kappa shape index (κ3) is 4.17. The molecule has 2 N–H and O–H groups in total. The monoisotopic (exact) mass is 294 g/mol. The fraction of sp³-hybridized carbons (Fsp3) is 0.562. The molecule has 1 heterocycles. The van der Waals surface area contributed by atoms with Crippen LogP contribution in [0.1, 0.15) is 38.4 Å². The van der Waals surface area contributed by atoms with E-state index in [2.05, 4.69) is 5.32 Å². The second-order valence-electron chi connectivity index (χ2n) is 5.75. The van der Waals surface area contributed by atoms with Crippen molar-refractivity contribution in [2.24, 2.45) is 5.92 Å². The molecular formula is C16H23FN2O2. The number of amides is 1. The predicted molar refractivity (Wildman–Crippen MR) is 80.7 cm³/mol. The number of aliphatic hydroxyl groups excluding tert-OH is 1. The number of nitrogens with one attached hydrogen (secondary N) is 1. The molecule has 1 aromatic carbocycles. The zero-order chi connectivity index (χ0) is 15.4. The SMILES string of the molecule is CC(=O)NCC1CCN(c2ccc([C@@H](C)O)cc2F)CC1. The summed E-state index contributed by atoms with van der Waals surface area (Å²) in [7, 11) is 0. The average molecular weight is 294 g/mol. The highest BCUT2D eigenvalue weighted by atomic mass is 19.1. The van der Waals surface area contributed by atoms with Crippen LogP contribution in [0, 0.1) is 11.7 Å². The molecule has 0 aliphatic carbocycles. The third-order valence-electron chi connectivity index (χ3n) is 4.05. The molecule has 0 aromatic heterocycles. The number of anilines is 1. The highest BCUT2D eigenvalue weighted by Crippen LogP contribution is 2.27.